The van der Waals surface area contributed by atoms with E-state index in [4.69, 9.17) is 10.1 Å². The van der Waals surface area contributed by atoms with Gasteiger partial charge in [0.25, 0.3) is 0 Å². The fourth-order valence-corrected chi connectivity index (χ4v) is 1.66. The standard InChI is InChI=1S/C10H20N3O2/c1-5-13(6-2,7-3)9(12-11)10(14)15-8-4/h5-8H2,1-4H3/q+1/p+1/b10-9+. The summed E-state index contributed by atoms with van der Waals surface area (Å²) in [6, 6.07) is 0. The lowest BCUT2D eigenvalue weighted by Crippen LogP contribution is -2.46. The molecule has 15 heavy (non-hydrogen) atoms. The van der Waals surface area contributed by atoms with Crippen molar-refractivity contribution in [1.29, 1.82) is 5.39 Å². The number of hydrogen-bond donors (Lipinski definition) is 1. The Labute approximate surface area is 91.2 Å². The highest BCUT2D eigenvalue weighted by atomic mass is 16.6. The summed E-state index contributed by atoms with van der Waals surface area (Å²) in [6.07, 6.45) is 0. The molecular formula is C10H21N3O2+2. The van der Waals surface area contributed by atoms with E-state index in [0.717, 1.165) is 19.6 Å². The van der Waals surface area contributed by atoms with Crippen molar-refractivity contribution in [3.63, 3.8) is 0 Å². The first-order valence-electron chi connectivity index (χ1n) is 5.39. The van der Waals surface area contributed by atoms with Crippen LogP contribution in [-0.2, 0) is 4.74 Å². The van der Waals surface area contributed by atoms with E-state index in [9.17, 15) is 5.11 Å². The first kappa shape index (κ1) is 13.7. The second kappa shape index (κ2) is 6.25. The quantitative estimate of drug-likeness (QED) is 0.420. The van der Waals surface area contributed by atoms with E-state index in [2.05, 4.69) is 4.98 Å². The van der Waals surface area contributed by atoms with E-state index in [0.29, 0.717) is 11.1 Å². The molecule has 0 fully saturated rings. The molecule has 0 rings (SSSR count). The summed E-state index contributed by atoms with van der Waals surface area (Å²) in [7, 11) is 0. The van der Waals surface area contributed by atoms with Gasteiger partial charge < -0.3 is 9.84 Å². The number of diazo groups is 1. The predicted octanol–water partition coefficient (Wildman–Crippen LogP) is 2.44. The average Bonchev–Trinajstić information content (AvgIpc) is 2.26. The van der Waals surface area contributed by atoms with Crippen molar-refractivity contribution in [2.75, 3.05) is 26.2 Å². The Bertz CT molecular complexity index is 256. The largest absolute Gasteiger partial charge is 0.619 e. The monoisotopic (exact) mass is 215 g/mol. The summed E-state index contributed by atoms with van der Waals surface area (Å²) in [5.41, 5.74) is 0. The van der Waals surface area contributed by atoms with E-state index in [1.807, 2.05) is 20.8 Å². The van der Waals surface area contributed by atoms with Crippen LogP contribution in [0.5, 0.6) is 0 Å². The van der Waals surface area contributed by atoms with Gasteiger partial charge in [-0.3, -0.25) is 0 Å². The molecule has 5 nitrogen and oxygen atoms in total. The SMILES string of the molecule is CCO/C(O)=C(\[N+]#N)[N+](CC)(CC)CC. The van der Waals surface area contributed by atoms with E-state index in [-0.39, 0.29) is 11.8 Å². The third-order valence-corrected chi connectivity index (χ3v) is 2.83. The Hall–Kier alpha value is -1.28. The van der Waals surface area contributed by atoms with Crippen molar-refractivity contribution in [2.24, 2.45) is 0 Å². The van der Waals surface area contributed by atoms with Crippen LogP contribution in [0.25, 0.3) is 4.98 Å². The van der Waals surface area contributed by atoms with Crippen molar-refractivity contribution in [1.82, 2.24) is 0 Å². The Balaban J connectivity index is 5.25. The van der Waals surface area contributed by atoms with Crippen molar-refractivity contribution in [2.45, 2.75) is 27.7 Å². The second-order valence-corrected chi connectivity index (χ2v) is 3.26. The highest BCUT2D eigenvalue weighted by Crippen LogP contribution is 2.21. The van der Waals surface area contributed by atoms with Crippen LogP contribution in [0.15, 0.2) is 11.8 Å². The van der Waals surface area contributed by atoms with Gasteiger partial charge in [0.1, 0.15) is 0 Å². The van der Waals surface area contributed by atoms with Crippen molar-refractivity contribution in [3.8, 4) is 0 Å². The van der Waals surface area contributed by atoms with Crippen LogP contribution in [0, 0.1) is 5.39 Å². The van der Waals surface area contributed by atoms with Gasteiger partial charge in [-0.15, -0.1) is 0 Å². The Kier molecular flexibility index (Phi) is 5.72. The number of hydrogen-bond acceptors (Lipinski definition) is 3. The van der Waals surface area contributed by atoms with Gasteiger partial charge in [-0.25, -0.2) is 4.48 Å². The molecule has 0 aromatic carbocycles. The van der Waals surface area contributed by atoms with Gasteiger partial charge >= 0.3 is 11.8 Å². The Morgan fingerprint density at radius 2 is 1.67 bits per heavy atom. The maximum absolute atomic E-state index is 9.63. The molecule has 0 aromatic rings. The third-order valence-electron chi connectivity index (χ3n) is 2.83. The summed E-state index contributed by atoms with van der Waals surface area (Å²) in [6.45, 7) is 10.3. The summed E-state index contributed by atoms with van der Waals surface area (Å²) in [5.74, 6) is -0.0881. The Morgan fingerprint density at radius 3 is 1.93 bits per heavy atom. The average molecular weight is 215 g/mol. The molecule has 1 N–H and O–H groups in total. The predicted molar refractivity (Wildman–Crippen MR) is 58.2 cm³/mol. The molecule has 0 aliphatic rings. The van der Waals surface area contributed by atoms with Gasteiger partial charge in [-0.2, -0.15) is 0 Å². The number of aliphatic hydroxyl groups is 1. The van der Waals surface area contributed by atoms with Crippen LogP contribution < -0.4 is 0 Å². The van der Waals surface area contributed by atoms with Crippen molar-refractivity contribution >= 4 is 0 Å². The van der Waals surface area contributed by atoms with Crippen LogP contribution in [0.1, 0.15) is 27.7 Å². The lowest BCUT2D eigenvalue weighted by molar-refractivity contribution is -0.886. The number of ether oxygens (including phenoxy) is 1. The minimum absolute atomic E-state index is 0.198. The molecular weight excluding hydrogens is 194 g/mol. The van der Waals surface area contributed by atoms with Gasteiger partial charge in [0.15, 0.2) is 0 Å². The number of aliphatic hydroxyl groups excluding tert-OH is 1. The van der Waals surface area contributed by atoms with Gasteiger partial charge in [-0.1, -0.05) is 0 Å². The molecule has 0 heterocycles. The minimum Gasteiger partial charge on any atom is -0.471 e. The number of rotatable bonds is 6. The first-order valence-corrected chi connectivity index (χ1v) is 5.39. The van der Waals surface area contributed by atoms with E-state index >= 15 is 0 Å². The molecule has 0 spiro atoms. The minimum atomic E-state index is -0.287. The molecule has 0 aromatic heterocycles. The summed E-state index contributed by atoms with van der Waals surface area (Å²) in [5, 5.41) is 18.6. The fraction of sp³-hybridized carbons (Fsp3) is 0.800. The summed E-state index contributed by atoms with van der Waals surface area (Å²) >= 11 is 0. The lowest BCUT2D eigenvalue weighted by Gasteiger charge is -2.26. The van der Waals surface area contributed by atoms with Crippen molar-refractivity contribution < 1.29 is 14.3 Å². The topological polar surface area (TPSA) is 57.6 Å². The van der Waals surface area contributed by atoms with Crippen molar-refractivity contribution in [3.05, 3.63) is 16.7 Å². The highest BCUT2D eigenvalue weighted by molar-refractivity contribution is 5.01. The van der Waals surface area contributed by atoms with Gasteiger partial charge in [0.2, 0.25) is 10.4 Å². The molecule has 0 saturated heterocycles. The molecule has 0 aliphatic carbocycles. The first-order chi connectivity index (χ1) is 7.11. The third kappa shape index (κ3) is 2.83. The zero-order valence-corrected chi connectivity index (χ0v) is 10.0. The lowest BCUT2D eigenvalue weighted by atomic mass is 10.3. The zero-order chi connectivity index (χ0) is 11.9. The molecule has 0 bridgehead atoms. The fourth-order valence-electron chi connectivity index (χ4n) is 1.66. The summed E-state index contributed by atoms with van der Waals surface area (Å²) < 4.78 is 5.38. The summed E-state index contributed by atoms with van der Waals surface area (Å²) in [4.78, 5) is 3.17. The second-order valence-electron chi connectivity index (χ2n) is 3.26. The molecule has 0 atom stereocenters. The van der Waals surface area contributed by atoms with E-state index in [1.54, 1.807) is 6.92 Å². The molecule has 0 aliphatic heterocycles. The zero-order valence-electron chi connectivity index (χ0n) is 10.0. The van der Waals surface area contributed by atoms with Crippen LogP contribution in [0.3, 0.4) is 0 Å². The van der Waals surface area contributed by atoms with Crippen LogP contribution >= 0.6 is 0 Å². The molecule has 86 valence electrons. The maximum Gasteiger partial charge on any atom is 0.619 e. The van der Waals surface area contributed by atoms with Crippen LogP contribution in [0.2, 0.25) is 0 Å². The van der Waals surface area contributed by atoms with Crippen LogP contribution in [0.4, 0.5) is 0 Å². The maximum atomic E-state index is 9.63. The van der Waals surface area contributed by atoms with Crippen LogP contribution in [-0.4, -0.2) is 35.8 Å². The molecule has 5 heteroatoms. The molecule has 0 unspecified atom stereocenters. The van der Waals surface area contributed by atoms with Gasteiger partial charge in [0.05, 0.1) is 26.2 Å². The van der Waals surface area contributed by atoms with E-state index in [1.165, 1.54) is 0 Å². The smallest absolute Gasteiger partial charge is 0.471 e. The van der Waals surface area contributed by atoms with E-state index < -0.39 is 0 Å². The molecule has 0 saturated carbocycles. The number of nitrogens with zero attached hydrogens (tertiary/aromatic N) is 3. The molecule has 0 amide bonds. The van der Waals surface area contributed by atoms with Gasteiger partial charge in [0, 0.05) is 0 Å². The molecule has 0 radical (unpaired) electrons. The highest BCUT2D eigenvalue weighted by Gasteiger charge is 2.44. The van der Waals surface area contributed by atoms with Gasteiger partial charge in [-0.05, 0) is 27.7 Å². The Morgan fingerprint density at radius 1 is 1.20 bits per heavy atom. The normalized spacial score (nSPS) is 13.0. The number of quaternary nitrogens is 1.